The van der Waals surface area contributed by atoms with E-state index in [1.807, 2.05) is 0 Å². The summed E-state index contributed by atoms with van der Waals surface area (Å²) in [7, 11) is 0. The summed E-state index contributed by atoms with van der Waals surface area (Å²) in [5.41, 5.74) is 0. The van der Waals surface area contributed by atoms with Crippen molar-refractivity contribution in [2.24, 2.45) is 0 Å². The topological polar surface area (TPSA) is 85.5 Å². The Bertz CT molecular complexity index is 8.75. The average Bonchev–Trinajstić information content (AvgIpc) is 0. The van der Waals surface area contributed by atoms with Gasteiger partial charge >= 0.3 is 51.7 Å². The zero-order valence-corrected chi connectivity index (χ0v) is 9.47. The maximum Gasteiger partial charge on any atom is 3.00 e. The van der Waals surface area contributed by atoms with Crippen molar-refractivity contribution in [1.29, 1.82) is 0 Å². The molecule has 0 aromatic rings. The molecular weight excluding hydrogens is 290 g/mol. The number of rotatable bonds is 0. The molecule has 3 nitrogen and oxygen atoms in total. The molecule has 4 radical (unpaired) electrons. The molecular formula is CIn2O3. The Morgan fingerprint density at radius 2 is 0.500 bits per heavy atom. The van der Waals surface area contributed by atoms with E-state index in [4.69, 9.17) is 0 Å². The molecule has 0 amide bonds. The van der Waals surface area contributed by atoms with Gasteiger partial charge in [0.15, 0.2) is 0 Å². The molecule has 0 atom stereocenters. The minimum absolute atomic E-state index is 0. The van der Waals surface area contributed by atoms with Crippen molar-refractivity contribution in [3.63, 3.8) is 0 Å². The standard InChI is InChI=1S/C.2In.3O/q;2*+3;3*-2. The predicted octanol–water partition coefficient (Wildman–Crippen LogP) is -1.04. The Labute approximate surface area is 75.0 Å². The van der Waals surface area contributed by atoms with E-state index in [9.17, 15) is 0 Å². The van der Waals surface area contributed by atoms with Gasteiger partial charge in [0.2, 0.25) is 0 Å². The minimum atomic E-state index is 0. The second-order valence-corrected chi connectivity index (χ2v) is 0. The molecule has 0 aliphatic carbocycles. The first-order valence-corrected chi connectivity index (χ1v) is 0. The van der Waals surface area contributed by atoms with E-state index >= 15 is 0 Å². The van der Waals surface area contributed by atoms with Crippen molar-refractivity contribution in [1.82, 2.24) is 0 Å². The Kier molecular flexibility index (Phi) is 1690. The molecule has 0 aromatic heterocycles. The van der Waals surface area contributed by atoms with Gasteiger partial charge in [0.25, 0.3) is 0 Å². The van der Waals surface area contributed by atoms with E-state index in [1.54, 1.807) is 0 Å². The van der Waals surface area contributed by atoms with Crippen molar-refractivity contribution in [3.8, 4) is 0 Å². The molecule has 0 N–H and O–H groups in total. The van der Waals surface area contributed by atoms with Gasteiger partial charge in [-0.1, -0.05) is 0 Å². The van der Waals surface area contributed by atoms with Crippen LogP contribution < -0.4 is 0 Å². The fraction of sp³-hybridized carbons (Fsp3) is 0. The normalized spacial score (nSPS) is 0. The molecule has 0 heterocycles. The van der Waals surface area contributed by atoms with E-state index in [1.165, 1.54) is 0 Å². The summed E-state index contributed by atoms with van der Waals surface area (Å²) >= 11 is 0. The average molecular weight is 290 g/mol. The predicted molar refractivity (Wildman–Crippen MR) is 16.8 cm³/mol. The number of hydrogen-bond acceptors (Lipinski definition) is 0. The van der Waals surface area contributed by atoms with Crippen LogP contribution in [0.1, 0.15) is 0 Å². The third kappa shape index (κ3) is 45.7. The van der Waals surface area contributed by atoms with E-state index < -0.39 is 0 Å². The van der Waals surface area contributed by atoms with Gasteiger partial charge in [0, 0.05) is 7.43 Å². The summed E-state index contributed by atoms with van der Waals surface area (Å²) in [6.07, 6.45) is 0. The van der Waals surface area contributed by atoms with E-state index in [2.05, 4.69) is 0 Å². The fourth-order valence-electron chi connectivity index (χ4n) is 0. The van der Waals surface area contributed by atoms with Gasteiger partial charge in [-0.15, -0.1) is 0 Å². The minimum Gasteiger partial charge on any atom is -2.00 e. The molecule has 6 heavy (non-hydrogen) atoms. The van der Waals surface area contributed by atoms with Crippen molar-refractivity contribution in [2.45, 2.75) is 0 Å². The van der Waals surface area contributed by atoms with Crippen LogP contribution in [0.3, 0.4) is 0 Å². The maximum absolute atomic E-state index is 0. The van der Waals surface area contributed by atoms with Crippen LogP contribution in [-0.2, 0) is 16.4 Å². The summed E-state index contributed by atoms with van der Waals surface area (Å²) in [4.78, 5) is 0. The summed E-state index contributed by atoms with van der Waals surface area (Å²) in [5.74, 6) is 0. The van der Waals surface area contributed by atoms with Gasteiger partial charge in [-0.05, 0) is 0 Å². The Morgan fingerprint density at radius 1 is 0.500 bits per heavy atom. The van der Waals surface area contributed by atoms with Crippen molar-refractivity contribution in [2.75, 3.05) is 0 Å². The zero-order chi connectivity index (χ0) is 0. The molecule has 0 unspecified atom stereocenters. The first-order valence-electron chi connectivity index (χ1n) is 0. The Hall–Kier alpha value is 1.62. The third-order valence-corrected chi connectivity index (χ3v) is 0. The zero-order valence-electron chi connectivity index (χ0n) is 2.88. The molecule has 5 heteroatoms. The van der Waals surface area contributed by atoms with Crippen LogP contribution in [0.25, 0.3) is 0 Å². The monoisotopic (exact) mass is 290 g/mol. The number of hydrogen-bond donors (Lipinski definition) is 0. The fourth-order valence-corrected chi connectivity index (χ4v) is 0. The van der Waals surface area contributed by atoms with Crippen LogP contribution >= 0.6 is 0 Å². The van der Waals surface area contributed by atoms with E-state index in [0.717, 1.165) is 0 Å². The van der Waals surface area contributed by atoms with E-state index in [0.29, 0.717) is 0 Å². The molecule has 0 bridgehead atoms. The van der Waals surface area contributed by atoms with Crippen LogP contribution in [0.4, 0.5) is 0 Å². The molecule has 0 rings (SSSR count). The molecule has 0 aliphatic heterocycles. The maximum atomic E-state index is 0. The molecule has 0 spiro atoms. The Morgan fingerprint density at radius 3 is 0.500 bits per heavy atom. The summed E-state index contributed by atoms with van der Waals surface area (Å²) in [5, 5.41) is 0. The van der Waals surface area contributed by atoms with Crippen molar-refractivity contribution < 1.29 is 16.4 Å². The first-order chi connectivity index (χ1) is 0. The largest absolute Gasteiger partial charge is 3.00 e. The quantitative estimate of drug-likeness (QED) is 0.546. The third-order valence-electron chi connectivity index (χ3n) is 0. The van der Waals surface area contributed by atoms with Gasteiger partial charge in [0.1, 0.15) is 0 Å². The van der Waals surface area contributed by atoms with Crippen LogP contribution in [0.2, 0.25) is 0 Å². The molecule has 0 aromatic carbocycles. The summed E-state index contributed by atoms with van der Waals surface area (Å²) < 4.78 is 0. The van der Waals surface area contributed by atoms with Gasteiger partial charge < -0.3 is 16.4 Å². The van der Waals surface area contributed by atoms with E-state index in [-0.39, 0.29) is 75.5 Å². The molecule has 28 valence electrons. The van der Waals surface area contributed by atoms with Crippen LogP contribution in [-0.4, -0.2) is 51.7 Å². The first kappa shape index (κ1) is 127. The van der Waals surface area contributed by atoms with Crippen LogP contribution in [0.5, 0.6) is 0 Å². The van der Waals surface area contributed by atoms with Gasteiger partial charge in [0.05, 0.1) is 0 Å². The molecule has 0 saturated heterocycles. The summed E-state index contributed by atoms with van der Waals surface area (Å²) in [6, 6.07) is 0. The van der Waals surface area contributed by atoms with Crippen LogP contribution in [0.15, 0.2) is 0 Å². The Balaban J connectivity index is 0. The van der Waals surface area contributed by atoms with Crippen molar-refractivity contribution >= 4 is 51.7 Å². The SMILES string of the molecule is [C].[In+3].[In+3].[O-2].[O-2].[O-2]. The van der Waals surface area contributed by atoms with Gasteiger partial charge in [-0.3, -0.25) is 0 Å². The second-order valence-electron chi connectivity index (χ2n) is 0. The second kappa shape index (κ2) is 79.7. The van der Waals surface area contributed by atoms with Gasteiger partial charge in [-0.2, -0.15) is 0 Å². The van der Waals surface area contributed by atoms with Crippen molar-refractivity contribution in [3.05, 3.63) is 7.43 Å². The summed E-state index contributed by atoms with van der Waals surface area (Å²) in [6.45, 7) is 0. The molecule has 0 aliphatic rings. The smallest absolute Gasteiger partial charge is 2.00 e. The molecule has 0 fully saturated rings. The van der Waals surface area contributed by atoms with Gasteiger partial charge in [-0.25, -0.2) is 0 Å². The van der Waals surface area contributed by atoms with Crippen LogP contribution in [0, 0.1) is 7.43 Å². The molecule has 0 saturated carbocycles.